The van der Waals surface area contributed by atoms with E-state index in [4.69, 9.17) is 11.6 Å². The van der Waals surface area contributed by atoms with Crippen LogP contribution in [0.1, 0.15) is 0 Å². The molecule has 0 saturated carbocycles. The van der Waals surface area contributed by atoms with Gasteiger partial charge in [0.2, 0.25) is 5.78 Å². The quantitative estimate of drug-likeness (QED) is 0.661. The van der Waals surface area contributed by atoms with Crippen molar-refractivity contribution in [2.24, 2.45) is 4.99 Å². The van der Waals surface area contributed by atoms with Gasteiger partial charge in [-0.15, -0.1) is 5.10 Å². The van der Waals surface area contributed by atoms with Crippen LogP contribution in [0.2, 0.25) is 0 Å². The first-order chi connectivity index (χ1) is 13.1. The Balaban J connectivity index is 1.69. The lowest BCUT2D eigenvalue weighted by Crippen LogP contribution is -2.11. The number of fused-ring (bicyclic) bond motifs is 1. The van der Waals surface area contributed by atoms with Gasteiger partial charge in [-0.1, -0.05) is 17.7 Å². The van der Waals surface area contributed by atoms with E-state index < -0.39 is 5.78 Å². The van der Waals surface area contributed by atoms with Crippen LogP contribution in [0.3, 0.4) is 0 Å². The molecule has 0 atom stereocenters. The van der Waals surface area contributed by atoms with Gasteiger partial charge >= 0.3 is 0 Å². The summed E-state index contributed by atoms with van der Waals surface area (Å²) in [6.07, 6.45) is 9.54. The molecular weight excluding hydrogens is 368 g/mol. The topological polar surface area (TPSA) is 96.8 Å². The number of aliphatic imine (C=N–C) groups is 1. The minimum Gasteiger partial charge on any atom is -0.506 e. The van der Waals surface area contributed by atoms with Crippen molar-refractivity contribution in [3.8, 4) is 0 Å². The van der Waals surface area contributed by atoms with E-state index in [1.54, 1.807) is 17.0 Å². The number of ketones is 1. The normalized spacial score (nSPS) is 15.9. The molecule has 27 heavy (non-hydrogen) atoms. The smallest absolute Gasteiger partial charge is 0.201 e. The first kappa shape index (κ1) is 17.0. The van der Waals surface area contributed by atoms with Gasteiger partial charge in [-0.05, 0) is 18.2 Å². The number of aliphatic hydroxyl groups is 1. The molecule has 3 aromatic heterocycles. The second-order valence-corrected chi connectivity index (χ2v) is 6.25. The summed E-state index contributed by atoms with van der Waals surface area (Å²) in [5.41, 5.74) is 1.51. The summed E-state index contributed by atoms with van der Waals surface area (Å²) in [5.74, 6) is -0.126. The Hall–Kier alpha value is -3.39. The number of anilines is 1. The summed E-state index contributed by atoms with van der Waals surface area (Å²) in [7, 11) is 0. The third kappa shape index (κ3) is 3.47. The first-order valence-electron chi connectivity index (χ1n) is 8.20. The number of imidazole rings is 1. The molecule has 2 N–H and O–H groups in total. The summed E-state index contributed by atoms with van der Waals surface area (Å²) in [5, 5.41) is 17.8. The summed E-state index contributed by atoms with van der Waals surface area (Å²) in [4.78, 5) is 20.1. The van der Waals surface area contributed by atoms with Gasteiger partial charge in [0.05, 0.1) is 16.9 Å². The number of carbonyl (C=O) groups is 1. The fourth-order valence-electron chi connectivity index (χ4n) is 2.68. The van der Waals surface area contributed by atoms with Crippen LogP contribution in [-0.2, 0) is 11.3 Å². The number of aliphatic hydroxyl groups excluding tert-OH is 1. The summed E-state index contributed by atoms with van der Waals surface area (Å²) in [6.45, 7) is 1.31. The van der Waals surface area contributed by atoms with Gasteiger partial charge < -0.3 is 15.0 Å². The van der Waals surface area contributed by atoms with Crippen molar-refractivity contribution in [2.45, 2.75) is 6.54 Å². The molecule has 1 aliphatic carbocycles. The molecular formula is C18H15ClN6O2. The standard InChI is InChI=1S/C18H15ClN6O2/c19-12-9-13(16(27)10-15(12)26)22-17-14-3-1-2-6-25(14)23-18(17)21-5-8-24-7-4-20-11-24/h1-4,6-7,9-11,27H,5,8H2,(H,21,23)/b22-13+. The molecule has 0 amide bonds. The summed E-state index contributed by atoms with van der Waals surface area (Å²) < 4.78 is 3.64. The highest BCUT2D eigenvalue weighted by molar-refractivity contribution is 6.47. The molecule has 0 bridgehead atoms. The van der Waals surface area contributed by atoms with Gasteiger partial charge in [-0.2, -0.15) is 0 Å². The van der Waals surface area contributed by atoms with Crippen LogP contribution >= 0.6 is 11.6 Å². The van der Waals surface area contributed by atoms with Gasteiger partial charge in [-0.25, -0.2) is 14.5 Å². The van der Waals surface area contributed by atoms with E-state index in [9.17, 15) is 9.90 Å². The molecule has 3 aromatic rings. The largest absolute Gasteiger partial charge is 0.506 e. The average molecular weight is 383 g/mol. The van der Waals surface area contributed by atoms with E-state index in [1.165, 1.54) is 6.08 Å². The fourth-order valence-corrected chi connectivity index (χ4v) is 2.84. The Morgan fingerprint density at radius 1 is 1.26 bits per heavy atom. The Bertz CT molecular complexity index is 1090. The molecule has 9 heteroatoms. The molecule has 3 heterocycles. The highest BCUT2D eigenvalue weighted by Crippen LogP contribution is 2.31. The SMILES string of the molecule is O=C1C=C(O)/C(=N/c2c(NCCn3ccnc3)nn3ccccc23)C=C1Cl. The molecule has 0 spiro atoms. The van der Waals surface area contributed by atoms with E-state index in [1.807, 2.05) is 35.2 Å². The Morgan fingerprint density at radius 2 is 2.15 bits per heavy atom. The molecule has 4 rings (SSSR count). The number of pyridine rings is 1. The molecule has 1 aliphatic rings. The zero-order valence-corrected chi connectivity index (χ0v) is 14.8. The molecule has 0 radical (unpaired) electrons. The van der Waals surface area contributed by atoms with Crippen LogP contribution in [0.5, 0.6) is 0 Å². The Morgan fingerprint density at radius 3 is 2.96 bits per heavy atom. The second-order valence-electron chi connectivity index (χ2n) is 5.84. The number of aromatic nitrogens is 4. The van der Waals surface area contributed by atoms with Crippen LogP contribution in [0, 0.1) is 0 Å². The third-order valence-electron chi connectivity index (χ3n) is 4.00. The molecule has 0 saturated heterocycles. The fraction of sp³-hybridized carbons (Fsp3) is 0.111. The zero-order valence-electron chi connectivity index (χ0n) is 14.1. The van der Waals surface area contributed by atoms with Crippen molar-refractivity contribution < 1.29 is 9.90 Å². The van der Waals surface area contributed by atoms with Crippen molar-refractivity contribution in [1.82, 2.24) is 19.2 Å². The van der Waals surface area contributed by atoms with Crippen molar-refractivity contribution in [3.63, 3.8) is 0 Å². The maximum Gasteiger partial charge on any atom is 0.201 e. The zero-order chi connectivity index (χ0) is 18.8. The van der Waals surface area contributed by atoms with Crippen LogP contribution < -0.4 is 5.32 Å². The molecule has 136 valence electrons. The number of hydrogen-bond acceptors (Lipinski definition) is 6. The van der Waals surface area contributed by atoms with Crippen LogP contribution in [0.25, 0.3) is 5.52 Å². The van der Waals surface area contributed by atoms with Crippen molar-refractivity contribution in [3.05, 3.63) is 66.1 Å². The Labute approximate surface area is 159 Å². The lowest BCUT2D eigenvalue weighted by Gasteiger charge is -2.08. The van der Waals surface area contributed by atoms with E-state index in [-0.39, 0.29) is 16.5 Å². The van der Waals surface area contributed by atoms with Gasteiger partial charge in [0.1, 0.15) is 17.2 Å². The highest BCUT2D eigenvalue weighted by atomic mass is 35.5. The van der Waals surface area contributed by atoms with E-state index >= 15 is 0 Å². The van der Waals surface area contributed by atoms with Gasteiger partial charge in [-0.3, -0.25) is 4.79 Å². The summed E-state index contributed by atoms with van der Waals surface area (Å²) >= 11 is 5.90. The lowest BCUT2D eigenvalue weighted by molar-refractivity contribution is -0.110. The van der Waals surface area contributed by atoms with Crippen molar-refractivity contribution in [1.29, 1.82) is 0 Å². The first-order valence-corrected chi connectivity index (χ1v) is 8.58. The lowest BCUT2D eigenvalue weighted by atomic mass is 10.1. The molecule has 0 aliphatic heterocycles. The number of rotatable bonds is 5. The number of nitrogens with one attached hydrogen (secondary N) is 1. The van der Waals surface area contributed by atoms with E-state index in [0.717, 1.165) is 11.6 Å². The van der Waals surface area contributed by atoms with E-state index in [0.29, 0.717) is 24.6 Å². The van der Waals surface area contributed by atoms with Crippen LogP contribution in [-0.4, -0.2) is 42.3 Å². The molecule has 8 nitrogen and oxygen atoms in total. The second kappa shape index (κ2) is 7.08. The minimum atomic E-state index is -0.452. The van der Waals surface area contributed by atoms with Crippen molar-refractivity contribution in [2.75, 3.05) is 11.9 Å². The number of nitrogens with zero attached hydrogens (tertiary/aromatic N) is 5. The minimum absolute atomic E-state index is 0.00218. The Kier molecular flexibility index (Phi) is 4.47. The number of halogens is 1. The molecule has 0 fully saturated rings. The molecule has 0 aromatic carbocycles. The average Bonchev–Trinajstić information content (AvgIpc) is 3.28. The predicted octanol–water partition coefficient (Wildman–Crippen LogP) is 2.86. The van der Waals surface area contributed by atoms with Crippen molar-refractivity contribution >= 4 is 40.1 Å². The third-order valence-corrected chi connectivity index (χ3v) is 4.29. The maximum atomic E-state index is 11.6. The maximum absolute atomic E-state index is 11.6. The van der Waals surface area contributed by atoms with Gasteiger partial charge in [0.15, 0.2) is 5.82 Å². The highest BCUT2D eigenvalue weighted by Gasteiger charge is 2.19. The van der Waals surface area contributed by atoms with Gasteiger partial charge in [0, 0.05) is 37.8 Å². The number of hydrogen-bond donors (Lipinski definition) is 2. The van der Waals surface area contributed by atoms with Crippen LogP contribution in [0.15, 0.2) is 71.1 Å². The molecule has 0 unspecified atom stereocenters. The summed E-state index contributed by atoms with van der Waals surface area (Å²) in [6, 6.07) is 5.60. The number of carbonyl (C=O) groups excluding carboxylic acids is 1. The van der Waals surface area contributed by atoms with Crippen LogP contribution in [0.4, 0.5) is 11.5 Å². The number of allylic oxidation sites excluding steroid dienone is 3. The van der Waals surface area contributed by atoms with Gasteiger partial charge in [0.25, 0.3) is 0 Å². The predicted molar refractivity (Wildman–Crippen MR) is 103 cm³/mol. The monoisotopic (exact) mass is 382 g/mol. The van der Waals surface area contributed by atoms with E-state index in [2.05, 4.69) is 20.4 Å².